The number of nitrogens with one attached hydrogen (secondary N) is 1. The lowest BCUT2D eigenvalue weighted by Crippen LogP contribution is -2.49. The minimum Gasteiger partial charge on any atom is -0.346 e. The minimum absolute atomic E-state index is 0.0628. The zero-order chi connectivity index (χ0) is 16.7. The Morgan fingerprint density at radius 2 is 2.38 bits per heavy atom. The molecule has 7 nitrogen and oxygen atoms in total. The maximum Gasteiger partial charge on any atom is 0.236 e. The molecule has 1 amide bonds. The lowest BCUT2D eigenvalue weighted by Gasteiger charge is -2.41. The Balaban J connectivity index is 1.80. The number of likely N-dealkylation sites (tertiary alicyclic amines) is 1. The third-order valence-electron chi connectivity index (χ3n) is 4.93. The molecule has 122 valence electrons. The van der Waals surface area contributed by atoms with E-state index in [1.165, 1.54) is 0 Å². The average molecular weight is 322 g/mol. The number of carbonyl (C=O) groups is 1. The second-order valence-electron chi connectivity index (χ2n) is 6.60. The summed E-state index contributed by atoms with van der Waals surface area (Å²) in [6.45, 7) is 3.45. The average Bonchev–Trinajstić information content (AvgIpc) is 3.21. The number of hydrogen-bond acceptors (Lipinski definition) is 4. The van der Waals surface area contributed by atoms with Crippen LogP contribution in [0.15, 0.2) is 24.8 Å². The maximum absolute atomic E-state index is 12.2. The molecule has 3 aromatic heterocycles. The Morgan fingerprint density at radius 1 is 1.50 bits per heavy atom. The first-order chi connectivity index (χ1) is 11.6. The molecule has 0 saturated carbocycles. The number of rotatable bonds is 2. The molecule has 7 heteroatoms. The molecule has 0 aliphatic carbocycles. The van der Waals surface area contributed by atoms with Crippen molar-refractivity contribution in [3.63, 3.8) is 0 Å². The van der Waals surface area contributed by atoms with Crippen LogP contribution in [0.3, 0.4) is 0 Å². The van der Waals surface area contributed by atoms with E-state index >= 15 is 0 Å². The summed E-state index contributed by atoms with van der Waals surface area (Å²) in [5.41, 5.74) is 2.48. The fourth-order valence-electron chi connectivity index (χ4n) is 3.73. The maximum atomic E-state index is 12.2. The number of pyridine rings is 1. The summed E-state index contributed by atoms with van der Waals surface area (Å²) in [6.07, 6.45) is 7.30. The van der Waals surface area contributed by atoms with Crippen LogP contribution in [0, 0.1) is 11.3 Å². The molecule has 1 aliphatic heterocycles. The van der Waals surface area contributed by atoms with E-state index in [0.717, 1.165) is 34.9 Å². The number of carbonyl (C=O) groups excluding carboxylic acids is 1. The quantitative estimate of drug-likeness (QED) is 0.783. The van der Waals surface area contributed by atoms with E-state index in [0.29, 0.717) is 13.1 Å². The van der Waals surface area contributed by atoms with E-state index in [4.69, 9.17) is 5.26 Å². The molecule has 1 atom stereocenters. The lowest BCUT2D eigenvalue weighted by molar-refractivity contribution is -0.133. The van der Waals surface area contributed by atoms with Crippen LogP contribution in [0.5, 0.6) is 0 Å². The Morgan fingerprint density at radius 3 is 3.21 bits per heavy atom. The van der Waals surface area contributed by atoms with Gasteiger partial charge in [-0.3, -0.25) is 4.79 Å². The first-order valence-electron chi connectivity index (χ1n) is 8.07. The standard InChI is InChI=1S/C17H18N6O/c1-17(5-2-8-22(10-17)14(24)3-6-18)23-11-21-13-9-20-16-12(15(13)23)4-7-19-16/h4,7,9,11H,2-3,5,8,10H2,1H3,(H,19,20). The molecule has 1 fully saturated rings. The molecule has 24 heavy (non-hydrogen) atoms. The summed E-state index contributed by atoms with van der Waals surface area (Å²) in [7, 11) is 0. The van der Waals surface area contributed by atoms with Crippen molar-refractivity contribution in [2.24, 2.45) is 0 Å². The van der Waals surface area contributed by atoms with Crippen LogP contribution >= 0.6 is 0 Å². The van der Waals surface area contributed by atoms with Crippen LogP contribution in [0.4, 0.5) is 0 Å². The van der Waals surface area contributed by atoms with Gasteiger partial charge in [0.05, 0.1) is 29.6 Å². The number of amides is 1. The normalized spacial score (nSPS) is 21.2. The third-order valence-corrected chi connectivity index (χ3v) is 4.93. The first-order valence-corrected chi connectivity index (χ1v) is 8.07. The highest BCUT2D eigenvalue weighted by Gasteiger charge is 2.35. The summed E-state index contributed by atoms with van der Waals surface area (Å²) in [5.74, 6) is -0.0960. The zero-order valence-electron chi connectivity index (χ0n) is 13.5. The molecule has 0 radical (unpaired) electrons. The van der Waals surface area contributed by atoms with Crippen molar-refractivity contribution in [1.82, 2.24) is 24.4 Å². The summed E-state index contributed by atoms with van der Waals surface area (Å²) in [6, 6.07) is 3.96. The Hall–Kier alpha value is -2.88. The van der Waals surface area contributed by atoms with Crippen molar-refractivity contribution in [3.05, 3.63) is 24.8 Å². The number of hydrogen-bond donors (Lipinski definition) is 1. The van der Waals surface area contributed by atoms with E-state index < -0.39 is 0 Å². The van der Waals surface area contributed by atoms with Gasteiger partial charge in [-0.05, 0) is 25.8 Å². The van der Waals surface area contributed by atoms with Crippen LogP contribution in [0.2, 0.25) is 0 Å². The number of nitriles is 1. The smallest absolute Gasteiger partial charge is 0.236 e. The number of imidazole rings is 1. The van der Waals surface area contributed by atoms with E-state index in [1.807, 2.05) is 24.7 Å². The van der Waals surface area contributed by atoms with E-state index in [9.17, 15) is 4.79 Å². The second kappa shape index (κ2) is 5.34. The molecule has 1 N–H and O–H groups in total. The predicted molar refractivity (Wildman–Crippen MR) is 89.1 cm³/mol. The highest BCUT2D eigenvalue weighted by atomic mass is 16.2. The Labute approximate surface area is 138 Å². The largest absolute Gasteiger partial charge is 0.346 e. The molecule has 0 bridgehead atoms. The summed E-state index contributed by atoms with van der Waals surface area (Å²) in [5, 5.41) is 9.83. The highest BCUT2D eigenvalue weighted by Crippen LogP contribution is 2.34. The van der Waals surface area contributed by atoms with Gasteiger partial charge in [0, 0.05) is 24.7 Å². The van der Waals surface area contributed by atoms with Crippen molar-refractivity contribution in [1.29, 1.82) is 5.26 Å². The monoisotopic (exact) mass is 322 g/mol. The Bertz CT molecular complexity index is 964. The number of nitrogens with zero attached hydrogens (tertiary/aromatic N) is 5. The fraction of sp³-hybridized carbons (Fsp3) is 0.412. The van der Waals surface area contributed by atoms with Gasteiger partial charge in [0.25, 0.3) is 0 Å². The number of piperidine rings is 1. The van der Waals surface area contributed by atoms with Crippen LogP contribution in [0.1, 0.15) is 26.2 Å². The molecule has 0 aromatic carbocycles. The van der Waals surface area contributed by atoms with Crippen molar-refractivity contribution < 1.29 is 4.79 Å². The van der Waals surface area contributed by atoms with Gasteiger partial charge in [-0.15, -0.1) is 0 Å². The number of aromatic nitrogens is 4. The van der Waals surface area contributed by atoms with Crippen LogP contribution in [0.25, 0.3) is 22.1 Å². The van der Waals surface area contributed by atoms with Gasteiger partial charge in [0.2, 0.25) is 5.91 Å². The van der Waals surface area contributed by atoms with E-state index in [2.05, 4.69) is 26.4 Å². The number of fused-ring (bicyclic) bond motifs is 3. The lowest BCUT2D eigenvalue weighted by atomic mass is 9.90. The van der Waals surface area contributed by atoms with E-state index in [-0.39, 0.29) is 17.9 Å². The molecule has 1 saturated heterocycles. The zero-order valence-corrected chi connectivity index (χ0v) is 13.5. The van der Waals surface area contributed by atoms with Crippen LogP contribution < -0.4 is 0 Å². The third kappa shape index (κ3) is 2.14. The Kier molecular flexibility index (Phi) is 3.27. The number of aromatic amines is 1. The molecular weight excluding hydrogens is 304 g/mol. The SMILES string of the molecule is CC1(n2cnc3cnc4[nH]ccc4c32)CCCN(C(=O)CC#N)C1. The van der Waals surface area contributed by atoms with Gasteiger partial charge in [0.15, 0.2) is 0 Å². The van der Waals surface area contributed by atoms with Crippen LogP contribution in [-0.4, -0.2) is 43.4 Å². The van der Waals surface area contributed by atoms with Crippen molar-refractivity contribution >= 4 is 28.0 Å². The van der Waals surface area contributed by atoms with E-state index in [1.54, 1.807) is 11.1 Å². The van der Waals surface area contributed by atoms with Crippen LogP contribution in [-0.2, 0) is 10.3 Å². The summed E-state index contributed by atoms with van der Waals surface area (Å²) >= 11 is 0. The molecular formula is C17H18N6O. The predicted octanol–water partition coefficient (Wildman–Crippen LogP) is 2.16. The fourth-order valence-corrected chi connectivity index (χ4v) is 3.73. The summed E-state index contributed by atoms with van der Waals surface area (Å²) < 4.78 is 2.17. The second-order valence-corrected chi connectivity index (χ2v) is 6.60. The van der Waals surface area contributed by atoms with Gasteiger partial charge in [0.1, 0.15) is 17.6 Å². The molecule has 3 aromatic rings. The van der Waals surface area contributed by atoms with Crippen molar-refractivity contribution in [2.45, 2.75) is 31.7 Å². The molecule has 0 spiro atoms. The minimum atomic E-state index is -0.246. The van der Waals surface area contributed by atoms with Gasteiger partial charge in [-0.1, -0.05) is 0 Å². The summed E-state index contributed by atoms with van der Waals surface area (Å²) in [4.78, 5) is 26.0. The van der Waals surface area contributed by atoms with Crippen molar-refractivity contribution in [3.8, 4) is 6.07 Å². The van der Waals surface area contributed by atoms with Gasteiger partial charge in [-0.2, -0.15) is 5.26 Å². The van der Waals surface area contributed by atoms with Gasteiger partial charge >= 0.3 is 0 Å². The highest BCUT2D eigenvalue weighted by molar-refractivity contribution is 6.01. The molecule has 4 heterocycles. The molecule has 4 rings (SSSR count). The number of H-pyrrole nitrogens is 1. The van der Waals surface area contributed by atoms with Gasteiger partial charge < -0.3 is 14.5 Å². The van der Waals surface area contributed by atoms with Crippen molar-refractivity contribution in [2.75, 3.05) is 13.1 Å². The van der Waals surface area contributed by atoms with Gasteiger partial charge in [-0.25, -0.2) is 9.97 Å². The molecule has 1 unspecified atom stereocenters. The topological polar surface area (TPSA) is 90.6 Å². The molecule has 1 aliphatic rings. The first kappa shape index (κ1) is 14.7.